The molecule has 0 bridgehead atoms. The lowest BCUT2D eigenvalue weighted by Crippen LogP contribution is -2.56. The van der Waals surface area contributed by atoms with Crippen molar-refractivity contribution in [2.75, 3.05) is 0 Å². The Morgan fingerprint density at radius 1 is 1.75 bits per heavy atom. The van der Waals surface area contributed by atoms with Crippen molar-refractivity contribution >= 4 is 5.91 Å². The van der Waals surface area contributed by atoms with E-state index in [4.69, 9.17) is 0 Å². The molecule has 0 aromatic carbocycles. The number of hydrogen-bond donors (Lipinski definition) is 1. The lowest BCUT2D eigenvalue weighted by molar-refractivity contribution is -0.134. The van der Waals surface area contributed by atoms with Gasteiger partial charge < -0.3 is 5.32 Å². The normalized spacial score (nSPS) is 36.0. The second-order valence-corrected chi connectivity index (χ2v) is 2.31. The fourth-order valence-electron chi connectivity index (χ4n) is 0.981. The lowest BCUT2D eigenvalue weighted by Gasteiger charge is -2.33. The average molecular weight is 113 g/mol. The molecule has 0 aromatic heterocycles. The highest BCUT2D eigenvalue weighted by atomic mass is 16.2. The molecule has 0 aromatic rings. The standard InChI is InChI=1S/C6H11NO/c1-3-5-4(2)6(8)7-5/h4-5H,3H2,1-2H3,(H,7,8)/t4-,5+/m1/s1. The van der Waals surface area contributed by atoms with Crippen molar-refractivity contribution in [3.8, 4) is 0 Å². The fraction of sp³-hybridized carbons (Fsp3) is 0.833. The molecular formula is C6H11NO. The van der Waals surface area contributed by atoms with Crippen LogP contribution in [0.2, 0.25) is 0 Å². The molecule has 46 valence electrons. The van der Waals surface area contributed by atoms with Crippen molar-refractivity contribution in [1.82, 2.24) is 5.32 Å². The first-order valence-corrected chi connectivity index (χ1v) is 3.06. The van der Waals surface area contributed by atoms with E-state index < -0.39 is 0 Å². The van der Waals surface area contributed by atoms with Crippen molar-refractivity contribution in [2.45, 2.75) is 26.3 Å². The third-order valence-electron chi connectivity index (χ3n) is 1.78. The van der Waals surface area contributed by atoms with Crippen molar-refractivity contribution in [3.05, 3.63) is 0 Å². The molecular weight excluding hydrogens is 102 g/mol. The van der Waals surface area contributed by atoms with Gasteiger partial charge in [-0.3, -0.25) is 4.79 Å². The molecule has 1 rings (SSSR count). The molecule has 2 atom stereocenters. The van der Waals surface area contributed by atoms with Crippen LogP contribution in [0.1, 0.15) is 20.3 Å². The quantitative estimate of drug-likeness (QED) is 0.494. The van der Waals surface area contributed by atoms with Crippen LogP contribution in [0.3, 0.4) is 0 Å². The van der Waals surface area contributed by atoms with E-state index in [1.807, 2.05) is 6.92 Å². The van der Waals surface area contributed by atoms with Gasteiger partial charge in [0.15, 0.2) is 0 Å². The number of amides is 1. The summed E-state index contributed by atoms with van der Waals surface area (Å²) in [5.74, 6) is 0.469. The second-order valence-electron chi connectivity index (χ2n) is 2.31. The summed E-state index contributed by atoms with van der Waals surface area (Å²) in [6.07, 6.45) is 1.06. The molecule has 1 fully saturated rings. The zero-order valence-electron chi connectivity index (χ0n) is 5.27. The van der Waals surface area contributed by atoms with Gasteiger partial charge in [-0.05, 0) is 6.42 Å². The summed E-state index contributed by atoms with van der Waals surface area (Å²) in [5, 5.41) is 2.80. The number of hydrogen-bond acceptors (Lipinski definition) is 1. The van der Waals surface area contributed by atoms with Gasteiger partial charge in [0.1, 0.15) is 0 Å². The van der Waals surface area contributed by atoms with Gasteiger partial charge in [0.2, 0.25) is 5.91 Å². The van der Waals surface area contributed by atoms with E-state index in [-0.39, 0.29) is 11.8 Å². The molecule has 1 saturated heterocycles. The van der Waals surface area contributed by atoms with Gasteiger partial charge in [-0.15, -0.1) is 0 Å². The maximum Gasteiger partial charge on any atom is 0.225 e. The van der Waals surface area contributed by atoms with Gasteiger partial charge in [-0.2, -0.15) is 0 Å². The maximum absolute atomic E-state index is 10.5. The molecule has 1 aliphatic rings. The molecule has 0 spiro atoms. The van der Waals surface area contributed by atoms with Gasteiger partial charge in [-0.1, -0.05) is 13.8 Å². The minimum absolute atomic E-state index is 0.205. The molecule has 0 unspecified atom stereocenters. The van der Waals surface area contributed by atoms with E-state index in [0.29, 0.717) is 6.04 Å². The van der Waals surface area contributed by atoms with Gasteiger partial charge in [-0.25, -0.2) is 0 Å². The number of nitrogens with one attached hydrogen (secondary N) is 1. The molecule has 1 N–H and O–H groups in total. The summed E-state index contributed by atoms with van der Waals surface area (Å²) in [6, 6.07) is 0.461. The highest BCUT2D eigenvalue weighted by Gasteiger charge is 2.32. The Labute approximate surface area is 49.3 Å². The van der Waals surface area contributed by atoms with Crippen LogP contribution in [-0.2, 0) is 4.79 Å². The highest BCUT2D eigenvalue weighted by molar-refractivity contribution is 5.85. The van der Waals surface area contributed by atoms with Crippen LogP contribution in [0.15, 0.2) is 0 Å². The van der Waals surface area contributed by atoms with Crippen LogP contribution >= 0.6 is 0 Å². The lowest BCUT2D eigenvalue weighted by atomic mass is 9.91. The smallest absolute Gasteiger partial charge is 0.225 e. The van der Waals surface area contributed by atoms with Crippen molar-refractivity contribution in [1.29, 1.82) is 0 Å². The summed E-state index contributed by atoms with van der Waals surface area (Å²) in [7, 11) is 0. The zero-order chi connectivity index (χ0) is 6.15. The second kappa shape index (κ2) is 1.77. The Balaban J connectivity index is 2.35. The van der Waals surface area contributed by atoms with E-state index in [2.05, 4.69) is 12.2 Å². The molecule has 1 heterocycles. The average Bonchev–Trinajstić information content (AvgIpc) is 1.81. The van der Waals surface area contributed by atoms with E-state index in [1.54, 1.807) is 0 Å². The SMILES string of the molecule is CC[C@@H]1NC(=O)[C@@H]1C. The Hall–Kier alpha value is -0.530. The first kappa shape index (κ1) is 5.60. The molecule has 1 amide bonds. The van der Waals surface area contributed by atoms with E-state index in [0.717, 1.165) is 6.42 Å². The minimum Gasteiger partial charge on any atom is -0.352 e. The van der Waals surface area contributed by atoms with Crippen molar-refractivity contribution in [2.24, 2.45) is 5.92 Å². The van der Waals surface area contributed by atoms with Gasteiger partial charge >= 0.3 is 0 Å². The summed E-state index contributed by atoms with van der Waals surface area (Å²) < 4.78 is 0. The van der Waals surface area contributed by atoms with Gasteiger partial charge in [0.25, 0.3) is 0 Å². The van der Waals surface area contributed by atoms with Crippen molar-refractivity contribution < 1.29 is 4.79 Å². The molecule has 1 aliphatic heterocycles. The summed E-state index contributed by atoms with van der Waals surface area (Å²) in [6.45, 7) is 4.05. The number of rotatable bonds is 1. The molecule has 0 aliphatic carbocycles. The number of carbonyl (C=O) groups excluding carboxylic acids is 1. The minimum atomic E-state index is 0.205. The van der Waals surface area contributed by atoms with Gasteiger partial charge in [0, 0.05) is 6.04 Å². The zero-order valence-corrected chi connectivity index (χ0v) is 5.27. The molecule has 8 heavy (non-hydrogen) atoms. The summed E-state index contributed by atoms with van der Waals surface area (Å²) in [4.78, 5) is 10.5. The Morgan fingerprint density at radius 3 is 2.50 bits per heavy atom. The monoisotopic (exact) mass is 113 g/mol. The summed E-state index contributed by atoms with van der Waals surface area (Å²) >= 11 is 0. The molecule has 0 radical (unpaired) electrons. The van der Waals surface area contributed by atoms with Crippen LogP contribution in [0, 0.1) is 5.92 Å². The Kier molecular flexibility index (Phi) is 1.24. The van der Waals surface area contributed by atoms with Crippen LogP contribution < -0.4 is 5.32 Å². The fourth-order valence-corrected chi connectivity index (χ4v) is 0.981. The maximum atomic E-state index is 10.5. The topological polar surface area (TPSA) is 29.1 Å². The number of β-lactam (4-membered cyclic amide) rings is 1. The van der Waals surface area contributed by atoms with Crippen LogP contribution in [0.25, 0.3) is 0 Å². The number of carbonyl (C=O) groups is 1. The third kappa shape index (κ3) is 0.602. The summed E-state index contributed by atoms with van der Waals surface area (Å²) in [5.41, 5.74) is 0. The Bertz CT molecular complexity index is 111. The van der Waals surface area contributed by atoms with E-state index in [1.165, 1.54) is 0 Å². The molecule has 2 heteroatoms. The largest absolute Gasteiger partial charge is 0.352 e. The van der Waals surface area contributed by atoms with Crippen LogP contribution in [-0.4, -0.2) is 11.9 Å². The van der Waals surface area contributed by atoms with Crippen molar-refractivity contribution in [3.63, 3.8) is 0 Å². The molecule has 0 saturated carbocycles. The first-order chi connectivity index (χ1) is 3.75. The Morgan fingerprint density at radius 2 is 2.38 bits per heavy atom. The molecule has 2 nitrogen and oxygen atoms in total. The first-order valence-electron chi connectivity index (χ1n) is 3.06. The predicted molar refractivity (Wildman–Crippen MR) is 31.4 cm³/mol. The van der Waals surface area contributed by atoms with Gasteiger partial charge in [0.05, 0.1) is 5.92 Å². The van der Waals surface area contributed by atoms with Crippen LogP contribution in [0.4, 0.5) is 0 Å². The van der Waals surface area contributed by atoms with E-state index in [9.17, 15) is 4.79 Å². The third-order valence-corrected chi connectivity index (χ3v) is 1.78. The predicted octanol–water partition coefficient (Wildman–Crippen LogP) is 0.531. The van der Waals surface area contributed by atoms with Crippen LogP contribution in [0.5, 0.6) is 0 Å². The van der Waals surface area contributed by atoms with E-state index >= 15 is 0 Å². The highest BCUT2D eigenvalue weighted by Crippen LogP contribution is 2.15.